The van der Waals surface area contributed by atoms with Crippen LogP contribution in [0.15, 0.2) is 36.7 Å². The van der Waals surface area contributed by atoms with E-state index in [1.165, 1.54) is 12.1 Å². The molecule has 0 amide bonds. The molecule has 0 saturated heterocycles. The van der Waals surface area contributed by atoms with Crippen LogP contribution in [0, 0.1) is 0 Å². The molecule has 2 N–H and O–H groups in total. The van der Waals surface area contributed by atoms with Gasteiger partial charge in [-0.2, -0.15) is 8.78 Å². The summed E-state index contributed by atoms with van der Waals surface area (Å²) in [4.78, 5) is 7.24. The van der Waals surface area contributed by atoms with E-state index in [4.69, 9.17) is 0 Å². The lowest BCUT2D eigenvalue weighted by Crippen LogP contribution is -2.23. The van der Waals surface area contributed by atoms with E-state index in [0.717, 1.165) is 11.4 Å². The number of hydrogen-bond donors (Lipinski definition) is 2. The van der Waals surface area contributed by atoms with E-state index in [9.17, 15) is 8.78 Å². The second-order valence-electron chi connectivity index (χ2n) is 4.53. The second kappa shape index (κ2) is 6.47. The van der Waals surface area contributed by atoms with Crippen molar-refractivity contribution in [2.75, 3.05) is 0 Å². The summed E-state index contributed by atoms with van der Waals surface area (Å²) in [7, 11) is 0. The van der Waals surface area contributed by atoms with Crippen LogP contribution in [0.3, 0.4) is 0 Å². The van der Waals surface area contributed by atoms with Gasteiger partial charge >= 0.3 is 6.61 Å². The van der Waals surface area contributed by atoms with Crippen LogP contribution in [0.4, 0.5) is 8.78 Å². The Labute approximate surface area is 116 Å². The molecule has 2 unspecified atom stereocenters. The van der Waals surface area contributed by atoms with Gasteiger partial charge < -0.3 is 15.0 Å². The Balaban J connectivity index is 1.97. The van der Waals surface area contributed by atoms with E-state index in [0.29, 0.717) is 0 Å². The van der Waals surface area contributed by atoms with Gasteiger partial charge in [-0.15, -0.1) is 0 Å². The third-order valence-electron chi connectivity index (χ3n) is 3.03. The zero-order valence-corrected chi connectivity index (χ0v) is 11.3. The van der Waals surface area contributed by atoms with E-state index in [1.807, 2.05) is 13.8 Å². The molecule has 2 aromatic rings. The standard InChI is InChI=1S/C14H17F2N3O/c1-9(19-10(2)13-17-7-8-18-13)11-3-5-12(6-4-11)20-14(15)16/h3-10,14,19H,1-2H3,(H,17,18). The molecule has 0 aliphatic heterocycles. The lowest BCUT2D eigenvalue weighted by atomic mass is 10.1. The van der Waals surface area contributed by atoms with Gasteiger partial charge in [0.15, 0.2) is 0 Å². The minimum Gasteiger partial charge on any atom is -0.435 e. The van der Waals surface area contributed by atoms with Gasteiger partial charge in [0, 0.05) is 18.4 Å². The molecule has 0 aliphatic rings. The average molecular weight is 281 g/mol. The summed E-state index contributed by atoms with van der Waals surface area (Å²) in [5.74, 6) is 1.02. The first-order valence-electron chi connectivity index (χ1n) is 6.36. The van der Waals surface area contributed by atoms with Gasteiger partial charge in [0.1, 0.15) is 11.6 Å². The molecule has 6 heteroatoms. The SMILES string of the molecule is CC(NC(C)c1ncc[nH]1)c1ccc(OC(F)F)cc1. The van der Waals surface area contributed by atoms with Crippen molar-refractivity contribution in [3.8, 4) is 5.75 Å². The number of hydrogen-bond acceptors (Lipinski definition) is 3. The number of nitrogens with zero attached hydrogens (tertiary/aromatic N) is 1. The summed E-state index contributed by atoms with van der Waals surface area (Å²) in [6.07, 6.45) is 3.48. The van der Waals surface area contributed by atoms with Crippen molar-refractivity contribution in [1.29, 1.82) is 0 Å². The minimum absolute atomic E-state index is 0.0655. The van der Waals surface area contributed by atoms with E-state index in [-0.39, 0.29) is 17.8 Å². The van der Waals surface area contributed by atoms with Gasteiger partial charge in [0.25, 0.3) is 0 Å². The van der Waals surface area contributed by atoms with Gasteiger partial charge in [-0.05, 0) is 31.5 Å². The topological polar surface area (TPSA) is 49.9 Å². The number of aromatic amines is 1. The molecular weight excluding hydrogens is 264 g/mol. The van der Waals surface area contributed by atoms with Crippen molar-refractivity contribution < 1.29 is 13.5 Å². The summed E-state index contributed by atoms with van der Waals surface area (Å²) in [5, 5.41) is 3.38. The van der Waals surface area contributed by atoms with Crippen molar-refractivity contribution in [3.05, 3.63) is 48.0 Å². The van der Waals surface area contributed by atoms with Gasteiger partial charge in [-0.3, -0.25) is 0 Å². The smallest absolute Gasteiger partial charge is 0.387 e. The van der Waals surface area contributed by atoms with Crippen LogP contribution in [0.25, 0.3) is 0 Å². The highest BCUT2D eigenvalue weighted by molar-refractivity contribution is 5.29. The van der Waals surface area contributed by atoms with Crippen LogP contribution in [0.2, 0.25) is 0 Å². The van der Waals surface area contributed by atoms with E-state index in [1.54, 1.807) is 24.5 Å². The summed E-state index contributed by atoms with van der Waals surface area (Å²) in [6.45, 7) is 1.21. The highest BCUT2D eigenvalue weighted by Gasteiger charge is 2.13. The number of aromatic nitrogens is 2. The number of ether oxygens (including phenoxy) is 1. The molecule has 1 aromatic heterocycles. The third kappa shape index (κ3) is 3.77. The highest BCUT2D eigenvalue weighted by Crippen LogP contribution is 2.21. The van der Waals surface area contributed by atoms with Crippen molar-refractivity contribution in [2.45, 2.75) is 32.5 Å². The zero-order chi connectivity index (χ0) is 14.5. The fraction of sp³-hybridized carbons (Fsp3) is 0.357. The second-order valence-corrected chi connectivity index (χ2v) is 4.53. The Kier molecular flexibility index (Phi) is 4.68. The van der Waals surface area contributed by atoms with Crippen LogP contribution >= 0.6 is 0 Å². The minimum atomic E-state index is -2.80. The maximum Gasteiger partial charge on any atom is 0.387 e. The number of halogens is 2. The Morgan fingerprint density at radius 2 is 1.85 bits per heavy atom. The Morgan fingerprint density at radius 3 is 2.40 bits per heavy atom. The van der Waals surface area contributed by atoms with Gasteiger partial charge in [-0.1, -0.05) is 12.1 Å². The van der Waals surface area contributed by atoms with Crippen molar-refractivity contribution in [1.82, 2.24) is 15.3 Å². The van der Waals surface area contributed by atoms with Gasteiger partial charge in [-0.25, -0.2) is 4.98 Å². The molecule has 108 valence electrons. The van der Waals surface area contributed by atoms with Crippen molar-refractivity contribution >= 4 is 0 Å². The number of nitrogens with one attached hydrogen (secondary N) is 2. The quantitative estimate of drug-likeness (QED) is 0.853. The molecular formula is C14H17F2N3O. The predicted molar refractivity (Wildman–Crippen MR) is 71.6 cm³/mol. The van der Waals surface area contributed by atoms with Gasteiger partial charge in [0.05, 0.1) is 6.04 Å². The Morgan fingerprint density at radius 1 is 1.15 bits per heavy atom. The number of H-pyrrole nitrogens is 1. The first-order chi connectivity index (χ1) is 9.56. The molecule has 0 radical (unpaired) electrons. The van der Waals surface area contributed by atoms with Crippen LogP contribution in [0.5, 0.6) is 5.75 Å². The Hall–Kier alpha value is -1.95. The lowest BCUT2D eigenvalue weighted by Gasteiger charge is -2.19. The maximum atomic E-state index is 12.1. The zero-order valence-electron chi connectivity index (χ0n) is 11.3. The number of imidazole rings is 1. The fourth-order valence-corrected chi connectivity index (χ4v) is 2.00. The fourth-order valence-electron chi connectivity index (χ4n) is 2.00. The largest absolute Gasteiger partial charge is 0.435 e. The molecule has 1 heterocycles. The molecule has 1 aromatic carbocycles. The molecule has 2 rings (SSSR count). The molecule has 20 heavy (non-hydrogen) atoms. The molecule has 0 bridgehead atoms. The molecule has 0 aliphatic carbocycles. The summed E-state index contributed by atoms with van der Waals surface area (Å²) >= 11 is 0. The van der Waals surface area contributed by atoms with Gasteiger partial charge in [0.2, 0.25) is 0 Å². The van der Waals surface area contributed by atoms with Crippen LogP contribution < -0.4 is 10.1 Å². The van der Waals surface area contributed by atoms with Crippen LogP contribution in [-0.2, 0) is 0 Å². The third-order valence-corrected chi connectivity index (χ3v) is 3.03. The average Bonchev–Trinajstić information content (AvgIpc) is 2.92. The number of benzene rings is 1. The van der Waals surface area contributed by atoms with E-state index in [2.05, 4.69) is 20.0 Å². The van der Waals surface area contributed by atoms with Crippen LogP contribution in [0.1, 0.15) is 37.3 Å². The molecule has 0 fully saturated rings. The maximum absolute atomic E-state index is 12.1. The molecule has 0 saturated carbocycles. The number of rotatable bonds is 6. The van der Waals surface area contributed by atoms with Crippen molar-refractivity contribution in [2.24, 2.45) is 0 Å². The van der Waals surface area contributed by atoms with E-state index < -0.39 is 6.61 Å². The highest BCUT2D eigenvalue weighted by atomic mass is 19.3. The summed E-state index contributed by atoms with van der Waals surface area (Å²) in [6, 6.07) is 6.75. The molecule has 0 spiro atoms. The number of alkyl halides is 2. The monoisotopic (exact) mass is 281 g/mol. The first-order valence-corrected chi connectivity index (χ1v) is 6.36. The first kappa shape index (κ1) is 14.5. The van der Waals surface area contributed by atoms with Crippen molar-refractivity contribution in [3.63, 3.8) is 0 Å². The van der Waals surface area contributed by atoms with E-state index >= 15 is 0 Å². The normalized spacial score (nSPS) is 14.2. The predicted octanol–water partition coefficient (Wildman–Crippen LogP) is 3.42. The molecule has 2 atom stereocenters. The lowest BCUT2D eigenvalue weighted by molar-refractivity contribution is -0.0498. The Bertz CT molecular complexity index is 514. The summed E-state index contributed by atoms with van der Waals surface area (Å²) < 4.78 is 28.4. The van der Waals surface area contributed by atoms with Crippen LogP contribution in [-0.4, -0.2) is 16.6 Å². The summed E-state index contributed by atoms with van der Waals surface area (Å²) in [5.41, 5.74) is 0.991. The molecule has 4 nitrogen and oxygen atoms in total.